The summed E-state index contributed by atoms with van der Waals surface area (Å²) in [4.78, 5) is 1.52. The molecule has 1 aromatic rings. The predicted octanol–water partition coefficient (Wildman–Crippen LogP) is 3.96. The van der Waals surface area contributed by atoms with Crippen molar-refractivity contribution in [3.63, 3.8) is 0 Å². The monoisotopic (exact) mass is 300 g/mol. The van der Waals surface area contributed by atoms with Crippen molar-refractivity contribution in [1.82, 2.24) is 5.32 Å². The lowest BCUT2D eigenvalue weighted by Crippen LogP contribution is -2.37. The summed E-state index contributed by atoms with van der Waals surface area (Å²) in [7, 11) is 0. The molecule has 1 aliphatic carbocycles. The third-order valence-corrected chi connectivity index (χ3v) is 3.51. The highest BCUT2D eigenvalue weighted by molar-refractivity contribution is 5.55. The van der Waals surface area contributed by atoms with E-state index in [4.69, 9.17) is 0 Å². The molecule has 0 radical (unpaired) electrons. The van der Waals surface area contributed by atoms with Crippen LogP contribution in [0.15, 0.2) is 24.3 Å². The number of halogens is 3. The third-order valence-electron chi connectivity index (χ3n) is 3.51. The van der Waals surface area contributed by atoms with Gasteiger partial charge in [0, 0.05) is 18.3 Å². The summed E-state index contributed by atoms with van der Waals surface area (Å²) in [6, 6.07) is 7.45. The number of rotatable bonds is 7. The smallest absolute Gasteiger partial charge is 0.359 e. The van der Waals surface area contributed by atoms with Gasteiger partial charge in [0.05, 0.1) is 0 Å². The van der Waals surface area contributed by atoms with Gasteiger partial charge in [-0.25, -0.2) is 0 Å². The summed E-state index contributed by atoms with van der Waals surface area (Å²) >= 11 is 0. The van der Waals surface area contributed by atoms with E-state index in [1.807, 2.05) is 18.2 Å². The van der Waals surface area contributed by atoms with Crippen molar-refractivity contribution in [3.8, 4) is 0 Å². The molecule has 0 unspecified atom stereocenters. The number of hydrogen-bond donors (Lipinski definition) is 1. The second-order valence-electron chi connectivity index (χ2n) is 6.13. The molecule has 0 heterocycles. The van der Waals surface area contributed by atoms with Gasteiger partial charge in [0.25, 0.3) is 0 Å². The fraction of sp³-hybridized carbons (Fsp3) is 0.625. The largest absolute Gasteiger partial charge is 0.405 e. The fourth-order valence-electron chi connectivity index (χ4n) is 2.43. The molecule has 2 nitrogen and oxygen atoms in total. The molecule has 5 heteroatoms. The quantitative estimate of drug-likeness (QED) is 0.820. The molecule has 2 rings (SSSR count). The summed E-state index contributed by atoms with van der Waals surface area (Å²) < 4.78 is 38.4. The van der Waals surface area contributed by atoms with Crippen LogP contribution in [0.4, 0.5) is 18.9 Å². The van der Waals surface area contributed by atoms with Crippen LogP contribution >= 0.6 is 0 Å². The molecule has 0 aliphatic heterocycles. The van der Waals surface area contributed by atoms with Crippen molar-refractivity contribution in [2.24, 2.45) is 5.92 Å². The molecule has 0 spiro atoms. The van der Waals surface area contributed by atoms with E-state index in [1.165, 1.54) is 4.90 Å². The van der Waals surface area contributed by atoms with Gasteiger partial charge < -0.3 is 10.2 Å². The van der Waals surface area contributed by atoms with Gasteiger partial charge in [-0.2, -0.15) is 13.2 Å². The Morgan fingerprint density at radius 2 is 1.90 bits per heavy atom. The Bertz CT molecular complexity index is 453. The zero-order valence-electron chi connectivity index (χ0n) is 12.6. The maximum atomic E-state index is 12.8. The summed E-state index contributed by atoms with van der Waals surface area (Å²) in [6.45, 7) is 4.82. The molecule has 1 N–H and O–H groups in total. The van der Waals surface area contributed by atoms with Crippen molar-refractivity contribution in [3.05, 3.63) is 29.8 Å². The van der Waals surface area contributed by atoms with Crippen LogP contribution in [-0.4, -0.2) is 25.3 Å². The van der Waals surface area contributed by atoms with Crippen LogP contribution in [0.25, 0.3) is 0 Å². The molecule has 118 valence electrons. The van der Waals surface area contributed by atoms with E-state index >= 15 is 0 Å². The van der Waals surface area contributed by atoms with Crippen LogP contribution < -0.4 is 10.2 Å². The van der Waals surface area contributed by atoms with E-state index < -0.39 is 12.7 Å². The van der Waals surface area contributed by atoms with Crippen molar-refractivity contribution >= 4 is 5.69 Å². The number of nitrogens with zero attached hydrogens (tertiary/aromatic N) is 1. The first-order valence-corrected chi connectivity index (χ1v) is 7.49. The molecule has 1 aliphatic rings. The van der Waals surface area contributed by atoms with Crippen LogP contribution in [0.2, 0.25) is 0 Å². The minimum Gasteiger partial charge on any atom is -0.359 e. The first kappa shape index (κ1) is 16.1. The lowest BCUT2D eigenvalue weighted by atomic mass is 10.1. The maximum Gasteiger partial charge on any atom is 0.405 e. The Hall–Kier alpha value is -1.23. The zero-order chi connectivity index (χ0) is 15.5. The summed E-state index contributed by atoms with van der Waals surface area (Å²) in [5, 5.41) is 3.31. The topological polar surface area (TPSA) is 15.3 Å². The Kier molecular flexibility index (Phi) is 5.14. The van der Waals surface area contributed by atoms with Gasteiger partial charge in [-0.3, -0.25) is 0 Å². The van der Waals surface area contributed by atoms with E-state index in [9.17, 15) is 13.2 Å². The van der Waals surface area contributed by atoms with Gasteiger partial charge in [0.1, 0.15) is 6.54 Å². The average molecular weight is 300 g/mol. The lowest BCUT2D eigenvalue weighted by molar-refractivity contribution is -0.120. The van der Waals surface area contributed by atoms with E-state index in [2.05, 4.69) is 19.2 Å². The summed E-state index contributed by atoms with van der Waals surface area (Å²) in [5.41, 5.74) is 1.66. The first-order valence-electron chi connectivity index (χ1n) is 7.49. The normalized spacial score (nSPS) is 15.5. The number of alkyl halides is 3. The Balaban J connectivity index is 2.12. The molecule has 0 atom stereocenters. The molecule has 1 saturated carbocycles. The number of anilines is 1. The van der Waals surface area contributed by atoms with Crippen LogP contribution in [-0.2, 0) is 6.54 Å². The van der Waals surface area contributed by atoms with E-state index in [-0.39, 0.29) is 6.04 Å². The van der Waals surface area contributed by atoms with Gasteiger partial charge in [0.15, 0.2) is 0 Å². The van der Waals surface area contributed by atoms with Crippen LogP contribution in [0.5, 0.6) is 0 Å². The number of nitrogens with one attached hydrogen (secondary N) is 1. The van der Waals surface area contributed by atoms with Crippen LogP contribution in [0, 0.1) is 5.92 Å². The van der Waals surface area contributed by atoms with E-state index in [1.54, 1.807) is 6.07 Å². The Morgan fingerprint density at radius 1 is 1.24 bits per heavy atom. The van der Waals surface area contributed by atoms with Gasteiger partial charge in [-0.1, -0.05) is 32.0 Å². The SMILES string of the molecule is CC(C)CNCc1ccccc1N(CC(F)(F)F)C1CC1. The van der Waals surface area contributed by atoms with E-state index in [0.717, 1.165) is 24.9 Å². The lowest BCUT2D eigenvalue weighted by Gasteiger charge is -2.28. The highest BCUT2D eigenvalue weighted by Crippen LogP contribution is 2.36. The third kappa shape index (κ3) is 5.23. The Labute approximate surface area is 124 Å². The molecular formula is C16H23F3N2. The number of benzene rings is 1. The maximum absolute atomic E-state index is 12.8. The van der Waals surface area contributed by atoms with Gasteiger partial charge >= 0.3 is 6.18 Å². The average Bonchev–Trinajstić information content (AvgIpc) is 3.19. The van der Waals surface area contributed by atoms with Gasteiger partial charge in [-0.15, -0.1) is 0 Å². The van der Waals surface area contributed by atoms with Gasteiger partial charge in [-0.05, 0) is 36.9 Å². The zero-order valence-corrected chi connectivity index (χ0v) is 12.6. The summed E-state index contributed by atoms with van der Waals surface area (Å²) in [5.74, 6) is 0.520. The van der Waals surface area contributed by atoms with Gasteiger partial charge in [0.2, 0.25) is 0 Å². The molecule has 0 aromatic heterocycles. The molecular weight excluding hydrogens is 277 g/mol. The Morgan fingerprint density at radius 3 is 2.48 bits per heavy atom. The molecule has 0 bridgehead atoms. The second kappa shape index (κ2) is 6.69. The predicted molar refractivity (Wildman–Crippen MR) is 79.4 cm³/mol. The molecule has 21 heavy (non-hydrogen) atoms. The molecule has 0 amide bonds. The number of hydrogen-bond acceptors (Lipinski definition) is 2. The molecule has 1 aromatic carbocycles. The first-order chi connectivity index (χ1) is 9.87. The van der Waals surface area contributed by atoms with Crippen molar-refractivity contribution in [2.75, 3.05) is 18.0 Å². The fourth-order valence-corrected chi connectivity index (χ4v) is 2.43. The van der Waals surface area contributed by atoms with Crippen molar-refractivity contribution in [1.29, 1.82) is 0 Å². The van der Waals surface area contributed by atoms with E-state index in [0.29, 0.717) is 18.2 Å². The minimum absolute atomic E-state index is 0.0397. The minimum atomic E-state index is -4.17. The number of para-hydroxylation sites is 1. The second-order valence-corrected chi connectivity index (χ2v) is 6.13. The molecule has 1 fully saturated rings. The standard InChI is InChI=1S/C16H23F3N2/c1-12(2)9-20-10-13-5-3-4-6-15(13)21(14-7-8-14)11-16(17,18)19/h3-6,12,14,20H,7-11H2,1-2H3. The van der Waals surface area contributed by atoms with Crippen molar-refractivity contribution < 1.29 is 13.2 Å². The highest BCUT2D eigenvalue weighted by atomic mass is 19.4. The van der Waals surface area contributed by atoms with Crippen LogP contribution in [0.1, 0.15) is 32.3 Å². The van der Waals surface area contributed by atoms with Crippen LogP contribution in [0.3, 0.4) is 0 Å². The summed E-state index contributed by atoms with van der Waals surface area (Å²) in [6.07, 6.45) is -2.46. The highest BCUT2D eigenvalue weighted by Gasteiger charge is 2.38. The molecule has 0 saturated heterocycles. The van der Waals surface area contributed by atoms with Crippen molar-refractivity contribution in [2.45, 2.75) is 45.5 Å².